The van der Waals surface area contributed by atoms with E-state index >= 15 is 0 Å². The van der Waals surface area contributed by atoms with Gasteiger partial charge in [0, 0.05) is 4.88 Å². The zero-order chi connectivity index (χ0) is 9.68. The van der Waals surface area contributed by atoms with Crippen LogP contribution in [0.25, 0.3) is 0 Å². The second kappa shape index (κ2) is 5.58. The summed E-state index contributed by atoms with van der Waals surface area (Å²) in [5.41, 5.74) is 0. The molecule has 1 heterocycles. The van der Waals surface area contributed by atoms with Crippen molar-refractivity contribution in [3.8, 4) is 0 Å². The molecule has 3 heteroatoms. The second-order valence-corrected chi connectivity index (χ2v) is 5.30. The summed E-state index contributed by atoms with van der Waals surface area (Å²) in [5, 5.41) is 3.42. The number of nitrogens with one attached hydrogen (secondary N) is 1. The predicted octanol–water partition coefficient (Wildman–Crippen LogP) is 3.74. The maximum absolute atomic E-state index is 3.83. The molecule has 0 bridgehead atoms. The lowest BCUT2D eigenvalue weighted by Crippen LogP contribution is -2.19. The lowest BCUT2D eigenvalue weighted by Gasteiger charge is -2.11. The van der Waals surface area contributed by atoms with E-state index in [0.29, 0.717) is 6.04 Å². The molecule has 0 saturated carbocycles. The molecule has 0 aliphatic carbocycles. The van der Waals surface area contributed by atoms with Gasteiger partial charge in [0.15, 0.2) is 0 Å². The minimum absolute atomic E-state index is 0.302. The van der Waals surface area contributed by atoms with Gasteiger partial charge in [-0.1, -0.05) is 13.0 Å². The third kappa shape index (κ3) is 3.25. The Morgan fingerprint density at radius 3 is 2.92 bits per heavy atom. The molecule has 1 atom stereocenters. The van der Waals surface area contributed by atoms with Gasteiger partial charge in [-0.25, -0.2) is 0 Å². The minimum atomic E-state index is 0.302. The molecule has 0 spiro atoms. The lowest BCUT2D eigenvalue weighted by atomic mass is 10.2. The van der Waals surface area contributed by atoms with Gasteiger partial charge in [-0.2, -0.15) is 0 Å². The smallest absolute Gasteiger partial charge is 0.0702 e. The first-order chi connectivity index (χ1) is 6.27. The van der Waals surface area contributed by atoms with E-state index in [4.69, 9.17) is 0 Å². The molecule has 0 amide bonds. The van der Waals surface area contributed by atoms with Crippen LogP contribution in [0.1, 0.15) is 24.3 Å². The van der Waals surface area contributed by atoms with Crippen LogP contribution < -0.4 is 5.32 Å². The van der Waals surface area contributed by atoms with Crippen molar-refractivity contribution in [2.24, 2.45) is 0 Å². The van der Waals surface area contributed by atoms with Crippen LogP contribution >= 0.6 is 27.3 Å². The number of rotatable bonds is 5. The summed E-state index contributed by atoms with van der Waals surface area (Å²) in [5.74, 6) is 0. The van der Waals surface area contributed by atoms with Crippen LogP contribution in [0.3, 0.4) is 0 Å². The van der Waals surface area contributed by atoms with Crippen LogP contribution in [0.2, 0.25) is 0 Å². The molecule has 13 heavy (non-hydrogen) atoms. The Kier molecular flexibility index (Phi) is 4.70. The molecule has 1 aromatic rings. The summed E-state index contributed by atoms with van der Waals surface area (Å²) in [6, 6.07) is 4.50. The SMILES string of the molecule is C=CC(NCCC)c1ccc(Br)s1. The highest BCUT2D eigenvalue weighted by molar-refractivity contribution is 9.11. The minimum Gasteiger partial charge on any atom is -0.306 e. The van der Waals surface area contributed by atoms with Gasteiger partial charge in [-0.15, -0.1) is 17.9 Å². The molecule has 0 fully saturated rings. The molecule has 0 aliphatic rings. The molecule has 0 radical (unpaired) electrons. The van der Waals surface area contributed by atoms with Crippen molar-refractivity contribution in [3.05, 3.63) is 33.5 Å². The first kappa shape index (κ1) is 11.0. The third-order valence-electron chi connectivity index (χ3n) is 1.75. The van der Waals surface area contributed by atoms with Crippen LogP contribution in [-0.4, -0.2) is 6.54 Å². The van der Waals surface area contributed by atoms with E-state index in [9.17, 15) is 0 Å². The average molecular weight is 260 g/mol. The summed E-state index contributed by atoms with van der Waals surface area (Å²) in [7, 11) is 0. The van der Waals surface area contributed by atoms with E-state index in [0.717, 1.165) is 13.0 Å². The summed E-state index contributed by atoms with van der Waals surface area (Å²) in [6.07, 6.45) is 3.10. The number of hydrogen-bond donors (Lipinski definition) is 1. The van der Waals surface area contributed by atoms with E-state index in [2.05, 4.69) is 46.9 Å². The van der Waals surface area contributed by atoms with Crippen molar-refractivity contribution >= 4 is 27.3 Å². The predicted molar refractivity (Wildman–Crippen MR) is 63.3 cm³/mol. The molecule has 1 aromatic heterocycles. The highest BCUT2D eigenvalue weighted by Gasteiger charge is 2.07. The third-order valence-corrected chi connectivity index (χ3v) is 3.46. The Morgan fingerprint density at radius 1 is 1.69 bits per heavy atom. The zero-order valence-corrected chi connectivity index (χ0v) is 10.1. The van der Waals surface area contributed by atoms with Gasteiger partial charge in [-0.3, -0.25) is 0 Å². The average Bonchev–Trinajstić information content (AvgIpc) is 2.54. The van der Waals surface area contributed by atoms with Gasteiger partial charge in [0.1, 0.15) is 0 Å². The van der Waals surface area contributed by atoms with Crippen molar-refractivity contribution in [2.45, 2.75) is 19.4 Å². The molecule has 1 rings (SSSR count). The fourth-order valence-corrected chi connectivity index (χ4v) is 2.59. The van der Waals surface area contributed by atoms with Crippen molar-refractivity contribution in [1.29, 1.82) is 0 Å². The van der Waals surface area contributed by atoms with E-state index in [1.807, 2.05) is 6.08 Å². The highest BCUT2D eigenvalue weighted by Crippen LogP contribution is 2.27. The largest absolute Gasteiger partial charge is 0.306 e. The van der Waals surface area contributed by atoms with Crippen molar-refractivity contribution in [3.63, 3.8) is 0 Å². The van der Waals surface area contributed by atoms with E-state index in [1.165, 1.54) is 8.66 Å². The molecular weight excluding hydrogens is 246 g/mol. The highest BCUT2D eigenvalue weighted by atomic mass is 79.9. The molecule has 0 aromatic carbocycles. The van der Waals surface area contributed by atoms with Crippen LogP contribution in [0.15, 0.2) is 28.6 Å². The first-order valence-corrected chi connectivity index (χ1v) is 6.00. The monoisotopic (exact) mass is 259 g/mol. The Morgan fingerprint density at radius 2 is 2.46 bits per heavy atom. The zero-order valence-electron chi connectivity index (χ0n) is 7.72. The van der Waals surface area contributed by atoms with Gasteiger partial charge < -0.3 is 5.32 Å². The van der Waals surface area contributed by atoms with Crippen molar-refractivity contribution in [1.82, 2.24) is 5.32 Å². The summed E-state index contributed by atoms with van der Waals surface area (Å²) in [6.45, 7) is 7.03. The molecule has 72 valence electrons. The van der Waals surface area contributed by atoms with Crippen molar-refractivity contribution in [2.75, 3.05) is 6.54 Å². The molecule has 1 N–H and O–H groups in total. The van der Waals surface area contributed by atoms with Crippen molar-refractivity contribution < 1.29 is 0 Å². The Labute approximate surface area is 92.0 Å². The summed E-state index contributed by atoms with van der Waals surface area (Å²) in [4.78, 5) is 1.32. The van der Waals surface area contributed by atoms with Crippen LogP contribution in [-0.2, 0) is 0 Å². The van der Waals surface area contributed by atoms with Crippen LogP contribution in [0.5, 0.6) is 0 Å². The number of hydrogen-bond acceptors (Lipinski definition) is 2. The van der Waals surface area contributed by atoms with Crippen LogP contribution in [0.4, 0.5) is 0 Å². The maximum atomic E-state index is 3.83. The fourth-order valence-electron chi connectivity index (χ4n) is 1.10. The lowest BCUT2D eigenvalue weighted by molar-refractivity contribution is 0.621. The van der Waals surface area contributed by atoms with E-state index in [-0.39, 0.29) is 0 Å². The topological polar surface area (TPSA) is 12.0 Å². The first-order valence-electron chi connectivity index (χ1n) is 4.39. The Balaban J connectivity index is 2.61. The van der Waals surface area contributed by atoms with Gasteiger partial charge in [0.25, 0.3) is 0 Å². The van der Waals surface area contributed by atoms with Gasteiger partial charge in [0.2, 0.25) is 0 Å². The fraction of sp³-hybridized carbons (Fsp3) is 0.400. The summed E-state index contributed by atoms with van der Waals surface area (Å²) >= 11 is 5.21. The maximum Gasteiger partial charge on any atom is 0.0702 e. The van der Waals surface area contributed by atoms with E-state index in [1.54, 1.807) is 11.3 Å². The molecular formula is C10H14BrNS. The second-order valence-electron chi connectivity index (χ2n) is 2.81. The normalized spacial score (nSPS) is 12.8. The van der Waals surface area contributed by atoms with Crippen LogP contribution in [0, 0.1) is 0 Å². The van der Waals surface area contributed by atoms with Gasteiger partial charge >= 0.3 is 0 Å². The van der Waals surface area contributed by atoms with Gasteiger partial charge in [-0.05, 0) is 41.0 Å². The quantitative estimate of drug-likeness (QED) is 0.795. The number of halogens is 1. The Bertz CT molecular complexity index is 270. The molecule has 0 aliphatic heterocycles. The summed E-state index contributed by atoms with van der Waals surface area (Å²) < 4.78 is 1.17. The molecule has 0 saturated heterocycles. The van der Waals surface area contributed by atoms with Gasteiger partial charge in [0.05, 0.1) is 9.83 Å². The standard InChI is InChI=1S/C10H14BrNS/c1-3-7-12-8(4-2)9-5-6-10(11)13-9/h4-6,8,12H,2-3,7H2,1H3. The van der Waals surface area contributed by atoms with E-state index < -0.39 is 0 Å². The molecule has 1 unspecified atom stereocenters. The molecule has 1 nitrogen and oxygen atoms in total. The number of thiophene rings is 1. The Hall–Kier alpha value is -0.120.